The maximum atomic E-state index is 12.8. The van der Waals surface area contributed by atoms with Crippen molar-refractivity contribution in [1.29, 1.82) is 0 Å². The molecule has 1 unspecified atom stereocenters. The van der Waals surface area contributed by atoms with Gasteiger partial charge in [0.2, 0.25) is 11.8 Å². The van der Waals surface area contributed by atoms with Crippen molar-refractivity contribution in [2.45, 2.75) is 19.0 Å². The zero-order chi connectivity index (χ0) is 15.4. The van der Waals surface area contributed by atoms with E-state index < -0.39 is 6.04 Å². The molecule has 2 N–H and O–H groups in total. The highest BCUT2D eigenvalue weighted by molar-refractivity contribution is 6.00. The Bertz CT molecular complexity index is 658. The molecule has 0 spiro atoms. The van der Waals surface area contributed by atoms with Crippen molar-refractivity contribution in [3.8, 4) is 0 Å². The lowest BCUT2D eigenvalue weighted by atomic mass is 10.1. The number of carbonyl (C=O) groups is 2. The zero-order valence-electron chi connectivity index (χ0n) is 12.0. The van der Waals surface area contributed by atoms with Crippen LogP contribution >= 0.6 is 0 Å². The van der Waals surface area contributed by atoms with Crippen LogP contribution in [0.4, 0.5) is 5.69 Å². The summed E-state index contributed by atoms with van der Waals surface area (Å²) < 4.78 is 0. The maximum absolute atomic E-state index is 12.8. The molecule has 5 heteroatoms. The predicted octanol–water partition coefficient (Wildman–Crippen LogP) is 1.61. The van der Waals surface area contributed by atoms with Crippen molar-refractivity contribution in [3.05, 3.63) is 66.2 Å². The van der Waals surface area contributed by atoms with E-state index in [1.165, 1.54) is 0 Å². The fourth-order valence-electron chi connectivity index (χ4n) is 2.46. The number of nitrogens with one attached hydrogen (secondary N) is 2. The molecule has 5 nitrogen and oxygen atoms in total. The van der Waals surface area contributed by atoms with Gasteiger partial charge in [0.05, 0.1) is 13.0 Å². The Balaban J connectivity index is 1.86. The molecular weight excluding hydrogens is 278 g/mol. The van der Waals surface area contributed by atoms with Crippen LogP contribution in [0.2, 0.25) is 0 Å². The smallest absolute Gasteiger partial charge is 0.246 e. The molecule has 1 atom stereocenters. The molecule has 2 amide bonds. The second-order valence-corrected chi connectivity index (χ2v) is 5.19. The normalized spacial score (nSPS) is 17.1. The maximum Gasteiger partial charge on any atom is 0.246 e. The Morgan fingerprint density at radius 2 is 1.68 bits per heavy atom. The number of amides is 2. The van der Waals surface area contributed by atoms with Crippen LogP contribution < -0.4 is 15.8 Å². The molecule has 112 valence electrons. The lowest BCUT2D eigenvalue weighted by Crippen LogP contribution is -2.45. The van der Waals surface area contributed by atoms with Crippen molar-refractivity contribution in [3.63, 3.8) is 0 Å². The summed E-state index contributed by atoms with van der Waals surface area (Å²) in [6.45, 7) is 0.468. The van der Waals surface area contributed by atoms with Crippen LogP contribution in [0, 0.1) is 0 Å². The van der Waals surface area contributed by atoms with E-state index in [0.29, 0.717) is 6.54 Å². The molecule has 1 heterocycles. The van der Waals surface area contributed by atoms with E-state index in [2.05, 4.69) is 10.9 Å². The Hall–Kier alpha value is -2.66. The third kappa shape index (κ3) is 3.15. The average molecular weight is 295 g/mol. The molecule has 1 saturated heterocycles. The van der Waals surface area contributed by atoms with Gasteiger partial charge in [0, 0.05) is 5.69 Å². The summed E-state index contributed by atoms with van der Waals surface area (Å²) in [5.74, 6) is -0.278. The van der Waals surface area contributed by atoms with Gasteiger partial charge in [0.15, 0.2) is 0 Å². The highest BCUT2D eigenvalue weighted by Crippen LogP contribution is 2.19. The number of anilines is 1. The van der Waals surface area contributed by atoms with Crippen LogP contribution in [-0.2, 0) is 16.1 Å². The highest BCUT2D eigenvalue weighted by Gasteiger charge is 2.31. The molecule has 1 aliphatic heterocycles. The molecule has 0 radical (unpaired) electrons. The second-order valence-electron chi connectivity index (χ2n) is 5.19. The number of rotatable bonds is 4. The minimum Gasteiger partial charge on any atom is -0.307 e. The van der Waals surface area contributed by atoms with E-state index in [-0.39, 0.29) is 18.2 Å². The summed E-state index contributed by atoms with van der Waals surface area (Å²) >= 11 is 0. The van der Waals surface area contributed by atoms with Crippen LogP contribution in [0.1, 0.15) is 12.0 Å². The molecule has 0 aromatic heterocycles. The minimum atomic E-state index is -0.531. The standard InChI is InChI=1S/C17H17N3O2/c21-16-11-15(18-19-16)17(22)20(14-9-5-2-6-10-14)12-13-7-3-1-4-8-13/h1-10,15,18H,11-12H2,(H,19,21). The highest BCUT2D eigenvalue weighted by atomic mass is 16.2. The van der Waals surface area contributed by atoms with Gasteiger partial charge in [-0.05, 0) is 17.7 Å². The molecule has 2 aromatic carbocycles. The van der Waals surface area contributed by atoms with Crippen LogP contribution in [-0.4, -0.2) is 17.9 Å². The van der Waals surface area contributed by atoms with Gasteiger partial charge in [0.1, 0.15) is 6.04 Å². The Labute approximate surface area is 128 Å². The Kier molecular flexibility index (Phi) is 4.16. The fourth-order valence-corrected chi connectivity index (χ4v) is 2.46. The van der Waals surface area contributed by atoms with Gasteiger partial charge in [-0.3, -0.25) is 15.0 Å². The molecular formula is C17H17N3O2. The Morgan fingerprint density at radius 1 is 1.05 bits per heavy atom. The molecule has 0 bridgehead atoms. The molecule has 1 aliphatic rings. The molecule has 0 saturated carbocycles. The summed E-state index contributed by atoms with van der Waals surface area (Å²) in [6, 6.07) is 18.8. The summed E-state index contributed by atoms with van der Waals surface area (Å²) in [5.41, 5.74) is 7.09. The van der Waals surface area contributed by atoms with Crippen LogP contribution in [0.3, 0.4) is 0 Å². The third-order valence-electron chi connectivity index (χ3n) is 3.59. The van der Waals surface area contributed by atoms with Crippen molar-refractivity contribution >= 4 is 17.5 Å². The monoisotopic (exact) mass is 295 g/mol. The van der Waals surface area contributed by atoms with Crippen molar-refractivity contribution in [1.82, 2.24) is 10.9 Å². The van der Waals surface area contributed by atoms with Gasteiger partial charge < -0.3 is 4.90 Å². The van der Waals surface area contributed by atoms with E-state index in [0.717, 1.165) is 11.3 Å². The lowest BCUT2D eigenvalue weighted by molar-refractivity contribution is -0.122. The molecule has 22 heavy (non-hydrogen) atoms. The van der Waals surface area contributed by atoms with Crippen LogP contribution in [0.5, 0.6) is 0 Å². The number of benzene rings is 2. The quantitative estimate of drug-likeness (QED) is 0.901. The fraction of sp³-hybridized carbons (Fsp3) is 0.176. The summed E-state index contributed by atoms with van der Waals surface area (Å²) in [5, 5.41) is 0. The zero-order valence-corrected chi connectivity index (χ0v) is 12.0. The van der Waals surface area contributed by atoms with Gasteiger partial charge in [-0.1, -0.05) is 48.5 Å². The number of hydrazine groups is 1. The molecule has 2 aromatic rings. The van der Waals surface area contributed by atoms with E-state index >= 15 is 0 Å². The van der Waals surface area contributed by atoms with Crippen molar-refractivity contribution in [2.24, 2.45) is 0 Å². The van der Waals surface area contributed by atoms with E-state index in [1.54, 1.807) is 4.90 Å². The first-order chi connectivity index (χ1) is 10.7. The number of para-hydroxylation sites is 1. The third-order valence-corrected chi connectivity index (χ3v) is 3.59. The van der Waals surface area contributed by atoms with Crippen molar-refractivity contribution in [2.75, 3.05) is 4.90 Å². The van der Waals surface area contributed by atoms with E-state index in [4.69, 9.17) is 0 Å². The second kappa shape index (κ2) is 6.41. The molecule has 1 fully saturated rings. The molecule has 3 rings (SSSR count). The predicted molar refractivity (Wildman–Crippen MR) is 83.8 cm³/mol. The lowest BCUT2D eigenvalue weighted by Gasteiger charge is -2.25. The summed E-state index contributed by atoms with van der Waals surface area (Å²) in [7, 11) is 0. The van der Waals surface area contributed by atoms with E-state index in [9.17, 15) is 9.59 Å². The molecule has 0 aliphatic carbocycles. The first kappa shape index (κ1) is 14.3. The summed E-state index contributed by atoms with van der Waals surface area (Å²) in [6.07, 6.45) is 0.164. The number of nitrogens with zero attached hydrogens (tertiary/aromatic N) is 1. The largest absolute Gasteiger partial charge is 0.307 e. The number of hydrogen-bond donors (Lipinski definition) is 2. The first-order valence-corrected chi connectivity index (χ1v) is 7.19. The number of carbonyl (C=O) groups excluding carboxylic acids is 2. The van der Waals surface area contributed by atoms with Gasteiger partial charge in [-0.2, -0.15) is 0 Å². The average Bonchev–Trinajstić information content (AvgIpc) is 3.00. The van der Waals surface area contributed by atoms with Gasteiger partial charge >= 0.3 is 0 Å². The van der Waals surface area contributed by atoms with Gasteiger partial charge in [-0.25, -0.2) is 5.43 Å². The van der Waals surface area contributed by atoms with E-state index in [1.807, 2.05) is 60.7 Å². The van der Waals surface area contributed by atoms with Crippen LogP contribution in [0.25, 0.3) is 0 Å². The van der Waals surface area contributed by atoms with Crippen LogP contribution in [0.15, 0.2) is 60.7 Å². The number of hydrogen-bond acceptors (Lipinski definition) is 3. The first-order valence-electron chi connectivity index (χ1n) is 7.19. The SMILES string of the molecule is O=C1CC(C(=O)N(Cc2ccccc2)c2ccccc2)NN1. The minimum absolute atomic E-state index is 0.117. The topological polar surface area (TPSA) is 61.4 Å². The Morgan fingerprint density at radius 3 is 2.27 bits per heavy atom. The van der Waals surface area contributed by atoms with Crippen molar-refractivity contribution < 1.29 is 9.59 Å². The summed E-state index contributed by atoms with van der Waals surface area (Å²) in [4.78, 5) is 25.8. The van der Waals surface area contributed by atoms with Gasteiger partial charge in [-0.15, -0.1) is 0 Å². The van der Waals surface area contributed by atoms with Gasteiger partial charge in [0.25, 0.3) is 0 Å².